The second kappa shape index (κ2) is 7.61. The molecule has 2 N–H and O–H groups in total. The van der Waals surface area contributed by atoms with Crippen LogP contribution in [0.25, 0.3) is 10.6 Å². The van der Waals surface area contributed by atoms with Gasteiger partial charge in [-0.2, -0.15) is 5.10 Å². The van der Waals surface area contributed by atoms with Crippen LogP contribution >= 0.6 is 11.3 Å². The summed E-state index contributed by atoms with van der Waals surface area (Å²) in [6.45, 7) is 4.94. The number of alkyl carbamates (subject to hydrolysis) is 1. The SMILES string of the molecule is CCOC(=O)N[C@@H]1CCCN(Cc2cn[nH]c2-c2cccs2)C1. The molecule has 0 radical (unpaired) electrons. The molecule has 2 aromatic rings. The van der Waals surface area contributed by atoms with Gasteiger partial charge in [0, 0.05) is 24.7 Å². The van der Waals surface area contributed by atoms with Gasteiger partial charge in [-0.15, -0.1) is 11.3 Å². The zero-order valence-electron chi connectivity index (χ0n) is 13.2. The molecule has 7 heteroatoms. The quantitative estimate of drug-likeness (QED) is 0.882. The van der Waals surface area contributed by atoms with Crippen LogP contribution in [0.5, 0.6) is 0 Å². The summed E-state index contributed by atoms with van der Waals surface area (Å²) in [5.74, 6) is 0. The number of likely N-dealkylation sites (tertiary alicyclic amines) is 1. The fourth-order valence-corrected chi connectivity index (χ4v) is 3.72. The number of rotatable bonds is 5. The Kier molecular flexibility index (Phi) is 5.30. The topological polar surface area (TPSA) is 70.2 Å². The number of ether oxygens (including phenoxy) is 1. The Morgan fingerprint density at radius 3 is 3.30 bits per heavy atom. The minimum Gasteiger partial charge on any atom is -0.450 e. The van der Waals surface area contributed by atoms with E-state index >= 15 is 0 Å². The van der Waals surface area contributed by atoms with Crippen molar-refractivity contribution in [2.45, 2.75) is 32.4 Å². The molecule has 2 aromatic heterocycles. The molecular formula is C16H22N4O2S. The van der Waals surface area contributed by atoms with Crippen LogP contribution < -0.4 is 5.32 Å². The van der Waals surface area contributed by atoms with E-state index in [1.54, 1.807) is 11.3 Å². The lowest BCUT2D eigenvalue weighted by molar-refractivity contribution is 0.132. The molecule has 1 aliphatic heterocycles. The van der Waals surface area contributed by atoms with E-state index in [0.29, 0.717) is 6.61 Å². The van der Waals surface area contributed by atoms with Gasteiger partial charge in [0.15, 0.2) is 0 Å². The zero-order valence-corrected chi connectivity index (χ0v) is 14.1. The molecule has 6 nitrogen and oxygen atoms in total. The first-order chi connectivity index (χ1) is 11.3. The highest BCUT2D eigenvalue weighted by molar-refractivity contribution is 7.13. The summed E-state index contributed by atoms with van der Waals surface area (Å²) in [7, 11) is 0. The first kappa shape index (κ1) is 16.0. The summed E-state index contributed by atoms with van der Waals surface area (Å²) < 4.78 is 4.97. The first-order valence-electron chi connectivity index (χ1n) is 7.98. The maximum Gasteiger partial charge on any atom is 0.407 e. The highest BCUT2D eigenvalue weighted by atomic mass is 32.1. The summed E-state index contributed by atoms with van der Waals surface area (Å²) in [5, 5.41) is 12.3. The van der Waals surface area contributed by atoms with Gasteiger partial charge in [-0.3, -0.25) is 10.00 Å². The minimum absolute atomic E-state index is 0.153. The third-order valence-electron chi connectivity index (χ3n) is 3.98. The average molecular weight is 334 g/mol. The highest BCUT2D eigenvalue weighted by Crippen LogP contribution is 2.27. The largest absolute Gasteiger partial charge is 0.450 e. The van der Waals surface area contributed by atoms with Crippen molar-refractivity contribution in [2.24, 2.45) is 0 Å². The van der Waals surface area contributed by atoms with Crippen molar-refractivity contribution in [3.8, 4) is 10.6 Å². The number of nitrogens with zero attached hydrogens (tertiary/aromatic N) is 2. The summed E-state index contributed by atoms with van der Waals surface area (Å²) in [4.78, 5) is 15.1. The van der Waals surface area contributed by atoms with Crippen molar-refractivity contribution in [3.05, 3.63) is 29.3 Å². The monoisotopic (exact) mass is 334 g/mol. The van der Waals surface area contributed by atoms with Crippen molar-refractivity contribution in [1.82, 2.24) is 20.4 Å². The van der Waals surface area contributed by atoms with Gasteiger partial charge < -0.3 is 10.1 Å². The van der Waals surface area contributed by atoms with E-state index in [0.717, 1.165) is 38.2 Å². The second-order valence-corrected chi connectivity index (χ2v) is 6.63. The van der Waals surface area contributed by atoms with E-state index in [1.807, 2.05) is 19.2 Å². The third kappa shape index (κ3) is 4.11. The standard InChI is InChI=1S/C16H22N4O2S/c1-2-22-16(21)18-13-5-3-7-20(11-13)10-12-9-17-19-15(12)14-6-4-8-23-14/h4,6,8-9,13H,2-3,5,7,10-11H2,1H3,(H,17,19)(H,18,21)/t13-/m1/s1. The van der Waals surface area contributed by atoms with Crippen molar-refractivity contribution < 1.29 is 9.53 Å². The summed E-state index contributed by atoms with van der Waals surface area (Å²) >= 11 is 1.71. The minimum atomic E-state index is -0.318. The number of H-pyrrole nitrogens is 1. The molecular weight excluding hydrogens is 312 g/mol. The van der Waals surface area contributed by atoms with Gasteiger partial charge in [0.25, 0.3) is 0 Å². The van der Waals surface area contributed by atoms with Gasteiger partial charge in [-0.05, 0) is 37.8 Å². The molecule has 124 valence electrons. The number of aromatic nitrogens is 2. The molecule has 0 bridgehead atoms. The van der Waals surface area contributed by atoms with Gasteiger partial charge in [-0.25, -0.2) is 4.79 Å². The van der Waals surface area contributed by atoms with Crippen molar-refractivity contribution >= 4 is 17.4 Å². The van der Waals surface area contributed by atoms with Gasteiger partial charge in [0.2, 0.25) is 0 Å². The van der Waals surface area contributed by atoms with E-state index in [1.165, 1.54) is 10.4 Å². The molecule has 0 saturated carbocycles. The summed E-state index contributed by atoms with van der Waals surface area (Å²) in [6, 6.07) is 4.30. The number of carbonyl (C=O) groups excluding carboxylic acids is 1. The van der Waals surface area contributed by atoms with Gasteiger partial charge in [0.1, 0.15) is 0 Å². The maximum atomic E-state index is 11.6. The molecule has 1 saturated heterocycles. The molecule has 1 aliphatic rings. The number of aromatic amines is 1. The Morgan fingerprint density at radius 1 is 1.61 bits per heavy atom. The fourth-order valence-electron chi connectivity index (χ4n) is 2.96. The summed E-state index contributed by atoms with van der Waals surface area (Å²) in [6.07, 6.45) is 3.65. The normalized spacial score (nSPS) is 18.7. The molecule has 1 fully saturated rings. The van der Waals surface area contributed by atoms with Crippen LogP contribution in [-0.2, 0) is 11.3 Å². The van der Waals surface area contributed by atoms with Crippen molar-refractivity contribution in [3.63, 3.8) is 0 Å². The predicted octanol–water partition coefficient (Wildman–Crippen LogP) is 2.85. The van der Waals surface area contributed by atoms with E-state index in [2.05, 4.69) is 31.9 Å². The fraction of sp³-hybridized carbons (Fsp3) is 0.500. The van der Waals surface area contributed by atoms with Gasteiger partial charge in [-0.1, -0.05) is 6.07 Å². The Hall–Kier alpha value is -1.86. The molecule has 0 spiro atoms. The van der Waals surface area contributed by atoms with E-state index in [9.17, 15) is 4.79 Å². The smallest absolute Gasteiger partial charge is 0.407 e. The van der Waals surface area contributed by atoms with E-state index in [-0.39, 0.29) is 12.1 Å². The number of piperidine rings is 1. The number of thiophene rings is 1. The van der Waals surface area contributed by atoms with Crippen LogP contribution in [0.1, 0.15) is 25.3 Å². The highest BCUT2D eigenvalue weighted by Gasteiger charge is 2.23. The molecule has 3 rings (SSSR count). The molecule has 0 aromatic carbocycles. The average Bonchev–Trinajstić information content (AvgIpc) is 3.18. The van der Waals surface area contributed by atoms with Crippen molar-refractivity contribution in [2.75, 3.05) is 19.7 Å². The van der Waals surface area contributed by atoms with Crippen LogP contribution in [-0.4, -0.2) is 46.9 Å². The van der Waals surface area contributed by atoms with Gasteiger partial charge in [0.05, 0.1) is 23.4 Å². The predicted molar refractivity (Wildman–Crippen MR) is 90.4 cm³/mol. The van der Waals surface area contributed by atoms with E-state index in [4.69, 9.17) is 4.74 Å². The molecule has 0 unspecified atom stereocenters. The molecule has 0 aliphatic carbocycles. The lowest BCUT2D eigenvalue weighted by Gasteiger charge is -2.32. The Bertz CT molecular complexity index is 626. The summed E-state index contributed by atoms with van der Waals surface area (Å²) in [5.41, 5.74) is 2.30. The Morgan fingerprint density at radius 2 is 2.52 bits per heavy atom. The molecule has 1 amide bonds. The zero-order chi connectivity index (χ0) is 16.1. The lowest BCUT2D eigenvalue weighted by Crippen LogP contribution is -2.47. The van der Waals surface area contributed by atoms with Crippen molar-refractivity contribution in [1.29, 1.82) is 0 Å². The van der Waals surface area contributed by atoms with Crippen LogP contribution in [0.15, 0.2) is 23.7 Å². The molecule has 1 atom stereocenters. The Balaban J connectivity index is 1.60. The molecule has 3 heterocycles. The van der Waals surface area contributed by atoms with E-state index < -0.39 is 0 Å². The molecule has 23 heavy (non-hydrogen) atoms. The number of hydrogen-bond acceptors (Lipinski definition) is 5. The number of nitrogens with one attached hydrogen (secondary N) is 2. The first-order valence-corrected chi connectivity index (χ1v) is 8.86. The number of amides is 1. The van der Waals surface area contributed by atoms with Crippen LogP contribution in [0.2, 0.25) is 0 Å². The van der Waals surface area contributed by atoms with Crippen LogP contribution in [0.3, 0.4) is 0 Å². The van der Waals surface area contributed by atoms with Crippen LogP contribution in [0, 0.1) is 0 Å². The van der Waals surface area contributed by atoms with Crippen LogP contribution in [0.4, 0.5) is 4.79 Å². The third-order valence-corrected chi connectivity index (χ3v) is 4.87. The van der Waals surface area contributed by atoms with Gasteiger partial charge >= 0.3 is 6.09 Å². The second-order valence-electron chi connectivity index (χ2n) is 5.69. The number of hydrogen-bond donors (Lipinski definition) is 2. The maximum absolute atomic E-state index is 11.6. The Labute approximate surface area is 139 Å². The number of carbonyl (C=O) groups is 1. The lowest BCUT2D eigenvalue weighted by atomic mass is 10.0.